The molecule has 0 saturated carbocycles. The molecule has 0 aliphatic carbocycles. The summed E-state index contributed by atoms with van der Waals surface area (Å²) in [5, 5.41) is 5.81. The molecule has 7 heteroatoms. The van der Waals surface area contributed by atoms with E-state index in [2.05, 4.69) is 32.7 Å². The van der Waals surface area contributed by atoms with E-state index in [1.54, 1.807) is 17.3 Å². The minimum absolute atomic E-state index is 0.0153. The first-order valence-corrected chi connectivity index (χ1v) is 10.1. The highest BCUT2D eigenvalue weighted by Crippen LogP contribution is 2.15. The Bertz CT molecular complexity index is 789. The Balaban J connectivity index is 1.51. The summed E-state index contributed by atoms with van der Waals surface area (Å²) in [6.07, 6.45) is 3.41. The van der Waals surface area contributed by atoms with Gasteiger partial charge in [-0.05, 0) is 29.7 Å². The summed E-state index contributed by atoms with van der Waals surface area (Å²) in [6.45, 7) is 7.06. The van der Waals surface area contributed by atoms with Gasteiger partial charge in [-0.15, -0.1) is 0 Å². The average Bonchev–Trinajstić information content (AvgIpc) is 2.77. The van der Waals surface area contributed by atoms with Gasteiger partial charge in [0.1, 0.15) is 6.04 Å². The van der Waals surface area contributed by atoms with Crippen molar-refractivity contribution in [3.05, 3.63) is 60.4 Å². The highest BCUT2D eigenvalue weighted by Gasteiger charge is 2.28. The summed E-state index contributed by atoms with van der Waals surface area (Å²) < 4.78 is 0. The van der Waals surface area contributed by atoms with Crippen molar-refractivity contribution < 1.29 is 9.59 Å². The smallest absolute Gasteiger partial charge is 0.318 e. The molecule has 1 fully saturated rings. The van der Waals surface area contributed by atoms with Gasteiger partial charge in [0.15, 0.2) is 0 Å². The van der Waals surface area contributed by atoms with Crippen LogP contribution in [0.2, 0.25) is 0 Å². The van der Waals surface area contributed by atoms with Gasteiger partial charge in [-0.1, -0.05) is 38.1 Å². The zero-order valence-electron chi connectivity index (χ0n) is 17.0. The van der Waals surface area contributed by atoms with E-state index >= 15 is 0 Å². The van der Waals surface area contributed by atoms with E-state index in [9.17, 15) is 9.59 Å². The van der Waals surface area contributed by atoms with E-state index in [0.717, 1.165) is 18.7 Å². The Kier molecular flexibility index (Phi) is 7.05. The van der Waals surface area contributed by atoms with Gasteiger partial charge in [0.25, 0.3) is 0 Å². The zero-order chi connectivity index (χ0) is 20.6. The second-order valence-corrected chi connectivity index (χ2v) is 7.56. The normalized spacial score (nSPS) is 15.1. The molecule has 1 aromatic carbocycles. The van der Waals surface area contributed by atoms with Crippen molar-refractivity contribution in [3.63, 3.8) is 0 Å². The number of urea groups is 1. The molecular weight excluding hydrogens is 366 g/mol. The molecule has 3 rings (SSSR count). The van der Waals surface area contributed by atoms with Crippen LogP contribution in [0.5, 0.6) is 0 Å². The maximum Gasteiger partial charge on any atom is 0.318 e. The third-order valence-electron chi connectivity index (χ3n) is 5.11. The molecule has 1 aliphatic rings. The second kappa shape index (κ2) is 9.91. The summed E-state index contributed by atoms with van der Waals surface area (Å²) in [7, 11) is 0. The van der Waals surface area contributed by atoms with Gasteiger partial charge in [-0.2, -0.15) is 0 Å². The van der Waals surface area contributed by atoms with Crippen molar-refractivity contribution in [2.24, 2.45) is 5.92 Å². The highest BCUT2D eigenvalue weighted by molar-refractivity contribution is 5.87. The van der Waals surface area contributed by atoms with Gasteiger partial charge >= 0.3 is 6.03 Å². The number of pyridine rings is 1. The first kappa shape index (κ1) is 20.6. The van der Waals surface area contributed by atoms with Crippen molar-refractivity contribution in [2.75, 3.05) is 31.1 Å². The summed E-state index contributed by atoms with van der Waals surface area (Å²) in [5.74, 6) is -0.196. The number of anilines is 1. The molecule has 1 aliphatic heterocycles. The maximum absolute atomic E-state index is 12.7. The van der Waals surface area contributed by atoms with Crippen LogP contribution in [-0.4, -0.2) is 54.0 Å². The lowest BCUT2D eigenvalue weighted by Gasteiger charge is -2.37. The zero-order valence-corrected chi connectivity index (χ0v) is 17.0. The molecule has 0 bridgehead atoms. The van der Waals surface area contributed by atoms with Gasteiger partial charge < -0.3 is 20.4 Å². The maximum atomic E-state index is 12.7. The minimum atomic E-state index is -0.577. The highest BCUT2D eigenvalue weighted by atomic mass is 16.2. The average molecular weight is 396 g/mol. The third kappa shape index (κ3) is 5.70. The molecular formula is C22H29N5O2. The number of nitrogens with one attached hydrogen (secondary N) is 2. The monoisotopic (exact) mass is 395 g/mol. The third-order valence-corrected chi connectivity index (χ3v) is 5.11. The molecule has 1 aromatic heterocycles. The van der Waals surface area contributed by atoms with Crippen molar-refractivity contribution in [1.29, 1.82) is 0 Å². The van der Waals surface area contributed by atoms with Gasteiger partial charge in [-0.3, -0.25) is 9.78 Å². The quantitative estimate of drug-likeness (QED) is 0.787. The number of nitrogens with zero attached hydrogens (tertiary/aromatic N) is 3. The Hall–Kier alpha value is -3.09. The molecule has 154 valence electrons. The first-order chi connectivity index (χ1) is 14.0. The van der Waals surface area contributed by atoms with Crippen LogP contribution in [-0.2, 0) is 11.3 Å². The fourth-order valence-electron chi connectivity index (χ4n) is 3.37. The van der Waals surface area contributed by atoms with Crippen LogP contribution >= 0.6 is 0 Å². The Labute approximate surface area is 172 Å². The largest absolute Gasteiger partial charge is 0.368 e. The standard InChI is InChI=1S/C22H29N5O2/c1-17(2)20(21(28)24-16-18-7-6-10-23-15-18)25-22(29)27-13-11-26(12-14-27)19-8-4-3-5-9-19/h3-10,15,17,20H,11-14,16H2,1-2H3,(H,24,28)(H,25,29)/t20-/m1/s1. The molecule has 3 amide bonds. The summed E-state index contributed by atoms with van der Waals surface area (Å²) >= 11 is 0. The molecule has 7 nitrogen and oxygen atoms in total. The number of carbonyl (C=O) groups is 2. The summed E-state index contributed by atoms with van der Waals surface area (Å²) in [6, 6.07) is 13.2. The number of amides is 3. The van der Waals surface area contributed by atoms with E-state index in [-0.39, 0.29) is 17.9 Å². The van der Waals surface area contributed by atoms with Gasteiger partial charge in [0, 0.05) is 50.8 Å². The lowest BCUT2D eigenvalue weighted by atomic mass is 10.0. The van der Waals surface area contributed by atoms with E-state index < -0.39 is 6.04 Å². The fourth-order valence-corrected chi connectivity index (χ4v) is 3.37. The lowest BCUT2D eigenvalue weighted by molar-refractivity contribution is -0.124. The number of piperazine rings is 1. The molecule has 29 heavy (non-hydrogen) atoms. The second-order valence-electron chi connectivity index (χ2n) is 7.56. The van der Waals surface area contributed by atoms with Crippen LogP contribution in [0.4, 0.5) is 10.5 Å². The van der Waals surface area contributed by atoms with E-state index in [1.165, 1.54) is 5.69 Å². The summed E-state index contributed by atoms with van der Waals surface area (Å²) in [4.78, 5) is 33.5. The van der Waals surface area contributed by atoms with E-state index in [4.69, 9.17) is 0 Å². The number of para-hydroxylation sites is 1. The lowest BCUT2D eigenvalue weighted by Crippen LogP contribution is -2.57. The first-order valence-electron chi connectivity index (χ1n) is 10.1. The fraction of sp³-hybridized carbons (Fsp3) is 0.409. The Morgan fingerprint density at radius 3 is 2.38 bits per heavy atom. The van der Waals surface area contributed by atoms with Gasteiger partial charge in [-0.25, -0.2) is 4.79 Å². The van der Waals surface area contributed by atoms with Crippen LogP contribution in [0.1, 0.15) is 19.4 Å². The van der Waals surface area contributed by atoms with Gasteiger partial charge in [0.2, 0.25) is 5.91 Å². The number of hydrogen-bond donors (Lipinski definition) is 2. The van der Waals surface area contributed by atoms with Crippen LogP contribution < -0.4 is 15.5 Å². The van der Waals surface area contributed by atoms with Gasteiger partial charge in [0.05, 0.1) is 0 Å². The molecule has 2 heterocycles. The van der Waals surface area contributed by atoms with E-state index in [1.807, 2.05) is 44.2 Å². The van der Waals surface area contributed by atoms with Crippen LogP contribution in [0.25, 0.3) is 0 Å². The molecule has 2 N–H and O–H groups in total. The van der Waals surface area contributed by atoms with Crippen molar-refractivity contribution in [1.82, 2.24) is 20.5 Å². The molecule has 0 radical (unpaired) electrons. The molecule has 1 saturated heterocycles. The van der Waals surface area contributed by atoms with Crippen LogP contribution in [0.15, 0.2) is 54.9 Å². The number of aromatic nitrogens is 1. The Morgan fingerprint density at radius 2 is 1.76 bits per heavy atom. The topological polar surface area (TPSA) is 77.6 Å². The molecule has 1 atom stereocenters. The van der Waals surface area contributed by atoms with Crippen LogP contribution in [0, 0.1) is 5.92 Å². The molecule has 2 aromatic rings. The molecule has 0 spiro atoms. The van der Waals surface area contributed by atoms with Crippen molar-refractivity contribution in [2.45, 2.75) is 26.4 Å². The number of benzene rings is 1. The predicted molar refractivity (Wildman–Crippen MR) is 113 cm³/mol. The van der Waals surface area contributed by atoms with E-state index in [0.29, 0.717) is 19.6 Å². The van der Waals surface area contributed by atoms with Crippen LogP contribution in [0.3, 0.4) is 0 Å². The summed E-state index contributed by atoms with van der Waals surface area (Å²) in [5.41, 5.74) is 2.09. The number of carbonyl (C=O) groups excluding carboxylic acids is 2. The predicted octanol–water partition coefficient (Wildman–Crippen LogP) is 2.25. The number of rotatable bonds is 6. The molecule has 0 unspecified atom stereocenters. The van der Waals surface area contributed by atoms with Crippen molar-refractivity contribution >= 4 is 17.6 Å². The number of hydrogen-bond acceptors (Lipinski definition) is 4. The Morgan fingerprint density at radius 1 is 1.03 bits per heavy atom. The van der Waals surface area contributed by atoms with Crippen molar-refractivity contribution in [3.8, 4) is 0 Å². The SMILES string of the molecule is CC(C)[C@@H](NC(=O)N1CCN(c2ccccc2)CC1)C(=O)NCc1cccnc1. The minimum Gasteiger partial charge on any atom is -0.368 e.